The SMILES string of the molecule is CC(C)(C)c1coc(S(=O)(=O)NC(=O)Nc2c3c(cc4c2CCC4)CCC3)c1. The van der Waals surface area contributed by atoms with Crippen LogP contribution in [0.4, 0.5) is 10.5 Å². The number of hydrogen-bond donors (Lipinski definition) is 2. The molecular formula is C21H26N2O4S. The van der Waals surface area contributed by atoms with Gasteiger partial charge in [0.15, 0.2) is 0 Å². The summed E-state index contributed by atoms with van der Waals surface area (Å²) in [6.07, 6.45) is 7.40. The van der Waals surface area contributed by atoms with E-state index >= 15 is 0 Å². The third-order valence-electron chi connectivity index (χ3n) is 5.64. The molecule has 150 valence electrons. The van der Waals surface area contributed by atoms with Gasteiger partial charge in [-0.1, -0.05) is 26.8 Å². The Hall–Kier alpha value is -2.28. The zero-order chi connectivity index (χ0) is 20.1. The molecule has 2 amide bonds. The molecule has 7 heteroatoms. The van der Waals surface area contributed by atoms with Crippen LogP contribution in [0.25, 0.3) is 0 Å². The molecule has 0 radical (unpaired) electrons. The quantitative estimate of drug-likeness (QED) is 0.810. The second-order valence-electron chi connectivity index (χ2n) is 8.70. The molecule has 0 spiro atoms. The van der Waals surface area contributed by atoms with Crippen LogP contribution in [-0.4, -0.2) is 14.4 Å². The van der Waals surface area contributed by atoms with Crippen molar-refractivity contribution in [1.82, 2.24) is 4.72 Å². The van der Waals surface area contributed by atoms with Gasteiger partial charge in [0.25, 0.3) is 10.0 Å². The molecule has 1 heterocycles. The molecule has 4 rings (SSSR count). The predicted octanol–water partition coefficient (Wildman–Crippen LogP) is 4.06. The minimum atomic E-state index is -4.08. The van der Waals surface area contributed by atoms with Crippen LogP contribution in [0.5, 0.6) is 0 Å². The highest BCUT2D eigenvalue weighted by Gasteiger charge is 2.28. The van der Waals surface area contributed by atoms with Crippen molar-refractivity contribution >= 4 is 21.7 Å². The molecule has 6 nitrogen and oxygen atoms in total. The first kappa shape index (κ1) is 19.1. The van der Waals surface area contributed by atoms with Gasteiger partial charge in [0, 0.05) is 11.8 Å². The van der Waals surface area contributed by atoms with E-state index in [9.17, 15) is 13.2 Å². The monoisotopic (exact) mass is 402 g/mol. The molecule has 0 atom stereocenters. The first-order valence-electron chi connectivity index (χ1n) is 9.74. The summed E-state index contributed by atoms with van der Waals surface area (Å²) >= 11 is 0. The van der Waals surface area contributed by atoms with E-state index in [0.29, 0.717) is 0 Å². The van der Waals surface area contributed by atoms with Crippen molar-refractivity contribution in [3.63, 3.8) is 0 Å². The third-order valence-corrected chi connectivity index (χ3v) is 6.84. The largest absolute Gasteiger partial charge is 0.451 e. The lowest BCUT2D eigenvalue weighted by Gasteiger charge is -2.16. The van der Waals surface area contributed by atoms with Gasteiger partial charge in [-0.05, 0) is 71.8 Å². The lowest BCUT2D eigenvalue weighted by atomic mass is 9.89. The number of nitrogens with one attached hydrogen (secondary N) is 2. The van der Waals surface area contributed by atoms with E-state index < -0.39 is 16.1 Å². The Bertz CT molecular complexity index is 1010. The van der Waals surface area contributed by atoms with Crippen molar-refractivity contribution < 1.29 is 17.6 Å². The van der Waals surface area contributed by atoms with Crippen LogP contribution < -0.4 is 10.0 Å². The molecule has 2 aliphatic rings. The molecule has 0 saturated carbocycles. The van der Waals surface area contributed by atoms with Gasteiger partial charge in [0.05, 0.1) is 6.26 Å². The number of hydrogen-bond acceptors (Lipinski definition) is 4. The summed E-state index contributed by atoms with van der Waals surface area (Å²) in [5.41, 5.74) is 6.18. The summed E-state index contributed by atoms with van der Waals surface area (Å²) in [7, 11) is -4.08. The first-order valence-corrected chi connectivity index (χ1v) is 11.2. The van der Waals surface area contributed by atoms with E-state index in [1.165, 1.54) is 23.5 Å². The van der Waals surface area contributed by atoms with E-state index in [4.69, 9.17) is 4.42 Å². The number of rotatable bonds is 3. The van der Waals surface area contributed by atoms with Gasteiger partial charge in [-0.15, -0.1) is 0 Å². The molecule has 2 aliphatic carbocycles. The van der Waals surface area contributed by atoms with E-state index in [0.717, 1.165) is 60.9 Å². The van der Waals surface area contributed by atoms with Crippen molar-refractivity contribution in [1.29, 1.82) is 0 Å². The Morgan fingerprint density at radius 1 is 1.00 bits per heavy atom. The van der Waals surface area contributed by atoms with Crippen molar-refractivity contribution in [2.75, 3.05) is 5.32 Å². The molecule has 0 bridgehead atoms. The zero-order valence-corrected chi connectivity index (χ0v) is 17.3. The van der Waals surface area contributed by atoms with Crippen LogP contribution in [-0.2, 0) is 41.1 Å². The fraction of sp³-hybridized carbons (Fsp3) is 0.476. The molecule has 1 aromatic carbocycles. The van der Waals surface area contributed by atoms with E-state index in [-0.39, 0.29) is 10.5 Å². The van der Waals surface area contributed by atoms with Gasteiger partial charge >= 0.3 is 6.03 Å². The fourth-order valence-corrected chi connectivity index (χ4v) is 4.98. The van der Waals surface area contributed by atoms with Crippen molar-refractivity contribution in [3.8, 4) is 0 Å². The second kappa shape index (κ2) is 6.65. The average Bonchev–Trinajstić information content (AvgIpc) is 3.33. The summed E-state index contributed by atoms with van der Waals surface area (Å²) in [4.78, 5) is 12.6. The molecule has 0 saturated heterocycles. The Balaban J connectivity index is 1.56. The van der Waals surface area contributed by atoms with Crippen LogP contribution in [0.2, 0.25) is 0 Å². The molecule has 0 aliphatic heterocycles. The van der Waals surface area contributed by atoms with Crippen molar-refractivity contribution in [2.24, 2.45) is 0 Å². The summed E-state index contributed by atoms with van der Waals surface area (Å²) in [5.74, 6) is 0. The number of amides is 2. The standard InChI is InChI=1S/C21H26N2O4S/c1-21(2,3)15-11-18(27-12-15)28(25,26)23-20(24)22-19-16-8-4-6-13(16)10-14-7-5-9-17(14)19/h10-12H,4-9H2,1-3H3,(H2,22,23,24). The van der Waals surface area contributed by atoms with Gasteiger partial charge in [-0.2, -0.15) is 8.42 Å². The first-order chi connectivity index (χ1) is 13.1. The van der Waals surface area contributed by atoms with Crippen molar-refractivity contribution in [3.05, 3.63) is 46.2 Å². The topological polar surface area (TPSA) is 88.4 Å². The summed E-state index contributed by atoms with van der Waals surface area (Å²) in [5, 5.41) is 2.58. The highest BCUT2D eigenvalue weighted by Crippen LogP contribution is 2.38. The van der Waals surface area contributed by atoms with Gasteiger partial charge < -0.3 is 9.73 Å². The van der Waals surface area contributed by atoms with Crippen LogP contribution in [0.1, 0.15) is 61.4 Å². The molecular weight excluding hydrogens is 376 g/mol. The van der Waals surface area contributed by atoms with E-state index in [1.54, 1.807) is 0 Å². The van der Waals surface area contributed by atoms with Crippen LogP contribution in [0.15, 0.2) is 27.9 Å². The summed E-state index contributed by atoms with van der Waals surface area (Å²) < 4.78 is 32.5. The van der Waals surface area contributed by atoms with E-state index in [1.807, 2.05) is 20.8 Å². The molecule has 0 fully saturated rings. The number of furan rings is 1. The molecule has 2 aromatic rings. The van der Waals surface area contributed by atoms with E-state index in [2.05, 4.69) is 16.1 Å². The predicted molar refractivity (Wildman–Crippen MR) is 107 cm³/mol. The normalized spacial score (nSPS) is 16.0. The third kappa shape index (κ3) is 3.43. The highest BCUT2D eigenvalue weighted by molar-refractivity contribution is 7.89. The molecule has 2 N–H and O–H groups in total. The molecule has 0 unspecified atom stereocenters. The van der Waals surface area contributed by atoms with Gasteiger partial charge in [0.1, 0.15) is 0 Å². The zero-order valence-electron chi connectivity index (χ0n) is 16.5. The van der Waals surface area contributed by atoms with Crippen LogP contribution in [0, 0.1) is 0 Å². The minimum absolute atomic E-state index is 0.245. The second-order valence-corrected chi connectivity index (χ2v) is 10.3. The molecule has 28 heavy (non-hydrogen) atoms. The number of carbonyl (C=O) groups is 1. The summed E-state index contributed by atoms with van der Waals surface area (Å²) in [6.45, 7) is 5.89. The Morgan fingerprint density at radius 2 is 1.61 bits per heavy atom. The number of urea groups is 1. The maximum atomic E-state index is 12.6. The smallest absolute Gasteiger partial charge is 0.333 e. The Kier molecular flexibility index (Phi) is 4.53. The van der Waals surface area contributed by atoms with Crippen LogP contribution >= 0.6 is 0 Å². The van der Waals surface area contributed by atoms with Crippen molar-refractivity contribution in [2.45, 2.75) is 69.8 Å². The minimum Gasteiger partial charge on any atom is -0.451 e. The maximum absolute atomic E-state index is 12.6. The Labute approximate surface area is 165 Å². The average molecular weight is 403 g/mol. The number of anilines is 1. The lowest BCUT2D eigenvalue weighted by Crippen LogP contribution is -2.34. The highest BCUT2D eigenvalue weighted by atomic mass is 32.2. The van der Waals surface area contributed by atoms with Gasteiger partial charge in [-0.25, -0.2) is 9.52 Å². The Morgan fingerprint density at radius 3 is 2.14 bits per heavy atom. The number of aryl methyl sites for hydroxylation is 2. The van der Waals surface area contributed by atoms with Gasteiger partial charge in [0.2, 0.25) is 5.09 Å². The lowest BCUT2D eigenvalue weighted by molar-refractivity contribution is 0.256. The number of sulfonamides is 1. The maximum Gasteiger partial charge on any atom is 0.333 e. The summed E-state index contributed by atoms with van der Waals surface area (Å²) in [6, 6.07) is 2.98. The van der Waals surface area contributed by atoms with Gasteiger partial charge in [-0.3, -0.25) is 0 Å². The van der Waals surface area contributed by atoms with Crippen LogP contribution in [0.3, 0.4) is 0 Å². The number of fused-ring (bicyclic) bond motifs is 2. The number of carbonyl (C=O) groups excluding carboxylic acids is 1. The molecule has 1 aromatic heterocycles. The fourth-order valence-electron chi connectivity index (χ4n) is 4.13. The number of benzene rings is 1.